The number of ether oxygens (including phenoxy) is 1. The van der Waals surface area contributed by atoms with Crippen LogP contribution in [0, 0.1) is 0 Å². The summed E-state index contributed by atoms with van der Waals surface area (Å²) in [6.07, 6.45) is 1.33. The van der Waals surface area contributed by atoms with Gasteiger partial charge in [0.25, 0.3) is 4.52 Å². The molecule has 0 bridgehead atoms. The van der Waals surface area contributed by atoms with Crippen molar-refractivity contribution in [2.24, 2.45) is 0 Å². The normalized spacial score (nSPS) is 11.3. The molecule has 0 amide bonds. The average molecular weight is 243 g/mol. The van der Waals surface area contributed by atoms with Crippen molar-refractivity contribution in [3.05, 3.63) is 24.2 Å². The van der Waals surface area contributed by atoms with Crippen LogP contribution in [0.3, 0.4) is 0 Å². The van der Waals surface area contributed by atoms with Gasteiger partial charge in [-0.1, -0.05) is 23.2 Å². The summed E-state index contributed by atoms with van der Waals surface area (Å²) in [6, 6.07) is 2.97. The third kappa shape index (κ3) is 3.10. The van der Waals surface area contributed by atoms with E-state index in [1.54, 1.807) is 6.07 Å². The van der Waals surface area contributed by atoms with Crippen molar-refractivity contribution < 1.29 is 13.9 Å². The van der Waals surface area contributed by atoms with Crippen LogP contribution in [0.15, 0.2) is 22.8 Å². The van der Waals surface area contributed by atoms with Crippen molar-refractivity contribution >= 4 is 40.8 Å². The minimum absolute atomic E-state index is 0.0239. The summed E-state index contributed by atoms with van der Waals surface area (Å²) in [5, 5.41) is 0. The molecule has 0 aliphatic carbocycles. The van der Waals surface area contributed by atoms with Crippen molar-refractivity contribution in [3.8, 4) is 0 Å². The molecule has 1 aromatic rings. The van der Waals surface area contributed by atoms with Gasteiger partial charge in [-0.25, -0.2) is 4.79 Å². The first-order chi connectivity index (χ1) is 6.05. The maximum absolute atomic E-state index is 11.1. The third-order valence-electron chi connectivity index (χ3n) is 1.12. The Morgan fingerprint density at radius 1 is 1.62 bits per heavy atom. The molecular formula is C7H5Cl3O3. The van der Waals surface area contributed by atoms with E-state index in [9.17, 15) is 4.79 Å². The van der Waals surface area contributed by atoms with Crippen LogP contribution in [0.25, 0.3) is 0 Å². The molecule has 0 unspecified atom stereocenters. The summed E-state index contributed by atoms with van der Waals surface area (Å²) >= 11 is 16.3. The number of hydrogen-bond acceptors (Lipinski definition) is 3. The Bertz CT molecular complexity index is 281. The van der Waals surface area contributed by atoms with Crippen LogP contribution in [-0.4, -0.2) is 16.4 Å². The van der Waals surface area contributed by atoms with Gasteiger partial charge in [-0.3, -0.25) is 0 Å². The van der Waals surface area contributed by atoms with Crippen molar-refractivity contribution in [1.29, 1.82) is 0 Å². The van der Waals surface area contributed by atoms with E-state index in [2.05, 4.69) is 4.74 Å². The predicted molar refractivity (Wildman–Crippen MR) is 49.3 cm³/mol. The van der Waals surface area contributed by atoms with Crippen molar-refractivity contribution in [1.82, 2.24) is 0 Å². The third-order valence-corrected chi connectivity index (χ3v) is 2.19. The van der Waals surface area contributed by atoms with E-state index in [1.165, 1.54) is 12.3 Å². The van der Waals surface area contributed by atoms with Gasteiger partial charge in [0, 0.05) is 0 Å². The molecule has 0 N–H and O–H groups in total. The Labute approximate surface area is 89.5 Å². The lowest BCUT2D eigenvalue weighted by Crippen LogP contribution is -2.24. The maximum Gasteiger partial charge on any atom is 0.376 e. The monoisotopic (exact) mass is 242 g/mol. The highest BCUT2D eigenvalue weighted by Crippen LogP contribution is 2.25. The number of esters is 1. The van der Waals surface area contributed by atoms with Gasteiger partial charge in [0.2, 0.25) is 5.76 Å². The van der Waals surface area contributed by atoms with Gasteiger partial charge in [0.15, 0.2) is 0 Å². The molecule has 72 valence electrons. The Kier molecular flexibility index (Phi) is 3.47. The molecule has 1 heterocycles. The zero-order valence-corrected chi connectivity index (χ0v) is 8.57. The van der Waals surface area contributed by atoms with Gasteiger partial charge in [-0.05, 0) is 12.1 Å². The van der Waals surface area contributed by atoms with E-state index in [1.807, 2.05) is 0 Å². The van der Waals surface area contributed by atoms with E-state index in [4.69, 9.17) is 39.2 Å². The lowest BCUT2D eigenvalue weighted by molar-refractivity contribution is 0.0375. The van der Waals surface area contributed by atoms with Gasteiger partial charge >= 0.3 is 5.97 Å². The SMILES string of the molecule is O=C(OC(Cl)(Cl)CCl)c1ccco1. The van der Waals surface area contributed by atoms with Crippen LogP contribution in [0.2, 0.25) is 0 Å². The lowest BCUT2D eigenvalue weighted by atomic mass is 10.5. The number of carbonyl (C=O) groups excluding carboxylic acids is 1. The first-order valence-corrected chi connectivity index (χ1v) is 4.55. The molecule has 1 aromatic heterocycles. The Hall–Kier alpha value is -0.380. The summed E-state index contributed by atoms with van der Waals surface area (Å²) in [5.41, 5.74) is 0. The molecule has 0 saturated carbocycles. The smallest absolute Gasteiger partial charge is 0.376 e. The Morgan fingerprint density at radius 2 is 2.31 bits per heavy atom. The molecular weight excluding hydrogens is 238 g/mol. The fourth-order valence-corrected chi connectivity index (χ4v) is 0.803. The first-order valence-electron chi connectivity index (χ1n) is 3.26. The van der Waals surface area contributed by atoms with Gasteiger partial charge in [-0.15, -0.1) is 11.6 Å². The average Bonchev–Trinajstić information content (AvgIpc) is 2.55. The second-order valence-electron chi connectivity index (χ2n) is 2.14. The van der Waals surface area contributed by atoms with Crippen molar-refractivity contribution in [3.63, 3.8) is 0 Å². The van der Waals surface area contributed by atoms with Crippen LogP contribution in [-0.2, 0) is 4.74 Å². The van der Waals surface area contributed by atoms with E-state index in [0.717, 1.165) is 0 Å². The summed E-state index contributed by atoms with van der Waals surface area (Å²) in [7, 11) is 0. The molecule has 0 aromatic carbocycles. The fraction of sp³-hybridized carbons (Fsp3) is 0.286. The number of carbonyl (C=O) groups is 1. The van der Waals surface area contributed by atoms with Gasteiger partial charge < -0.3 is 9.15 Å². The quantitative estimate of drug-likeness (QED) is 0.605. The largest absolute Gasteiger partial charge is 0.457 e. The van der Waals surface area contributed by atoms with Crippen LogP contribution in [0.4, 0.5) is 0 Å². The Morgan fingerprint density at radius 3 is 2.77 bits per heavy atom. The van der Waals surface area contributed by atoms with E-state index in [0.29, 0.717) is 0 Å². The summed E-state index contributed by atoms with van der Waals surface area (Å²) < 4.78 is 7.63. The topological polar surface area (TPSA) is 39.4 Å². The van der Waals surface area contributed by atoms with Crippen LogP contribution < -0.4 is 0 Å². The fourth-order valence-electron chi connectivity index (χ4n) is 0.608. The summed E-state index contributed by atoms with van der Waals surface area (Å²) in [4.78, 5) is 11.1. The number of halogens is 3. The second kappa shape index (κ2) is 4.22. The Balaban J connectivity index is 2.61. The van der Waals surface area contributed by atoms with Gasteiger partial charge in [0.1, 0.15) is 0 Å². The van der Waals surface area contributed by atoms with E-state index >= 15 is 0 Å². The van der Waals surface area contributed by atoms with E-state index in [-0.39, 0.29) is 11.6 Å². The van der Waals surface area contributed by atoms with Crippen molar-refractivity contribution in [2.75, 3.05) is 5.88 Å². The number of furan rings is 1. The molecule has 13 heavy (non-hydrogen) atoms. The van der Waals surface area contributed by atoms with E-state index < -0.39 is 10.5 Å². The highest BCUT2D eigenvalue weighted by molar-refractivity contribution is 6.50. The summed E-state index contributed by atoms with van der Waals surface area (Å²) in [6.45, 7) is 0. The molecule has 0 atom stereocenters. The molecule has 0 radical (unpaired) electrons. The lowest BCUT2D eigenvalue weighted by Gasteiger charge is -2.15. The highest BCUT2D eigenvalue weighted by Gasteiger charge is 2.29. The number of hydrogen-bond donors (Lipinski definition) is 0. The predicted octanol–water partition coefficient (Wildman–Crippen LogP) is 2.81. The molecule has 0 saturated heterocycles. The van der Waals surface area contributed by atoms with Crippen LogP contribution >= 0.6 is 34.8 Å². The minimum Gasteiger partial charge on any atom is -0.457 e. The molecule has 1 rings (SSSR count). The standard InChI is InChI=1S/C7H5Cl3O3/c8-4-7(9,10)13-6(11)5-2-1-3-12-5/h1-3H,4H2. The zero-order valence-electron chi connectivity index (χ0n) is 6.30. The van der Waals surface area contributed by atoms with Crippen molar-refractivity contribution in [2.45, 2.75) is 4.52 Å². The second-order valence-corrected chi connectivity index (χ2v) is 3.82. The highest BCUT2D eigenvalue weighted by atomic mass is 35.5. The number of alkyl halides is 3. The summed E-state index contributed by atoms with van der Waals surface area (Å²) in [5.74, 6) is -0.950. The number of rotatable bonds is 3. The molecule has 0 aliphatic heterocycles. The van der Waals surface area contributed by atoms with Gasteiger partial charge in [-0.2, -0.15) is 0 Å². The maximum atomic E-state index is 11.1. The first kappa shape index (κ1) is 10.7. The van der Waals surface area contributed by atoms with Crippen LogP contribution in [0.1, 0.15) is 10.6 Å². The molecule has 6 heteroatoms. The molecule has 0 fully saturated rings. The minimum atomic E-state index is -1.72. The zero-order chi connectivity index (χ0) is 9.90. The van der Waals surface area contributed by atoms with Gasteiger partial charge in [0.05, 0.1) is 12.1 Å². The molecule has 0 aliphatic rings. The molecule has 0 spiro atoms. The van der Waals surface area contributed by atoms with Crippen LogP contribution in [0.5, 0.6) is 0 Å². The molecule has 3 nitrogen and oxygen atoms in total.